The van der Waals surface area contributed by atoms with E-state index < -0.39 is 24.2 Å². The Morgan fingerprint density at radius 2 is 1.90 bits per heavy atom. The Bertz CT molecular complexity index is 1350. The molecule has 4 rings (SSSR count). The second kappa shape index (κ2) is 7.57. The number of H-pyrrole nitrogens is 1. The Morgan fingerprint density at radius 3 is 2.61 bits per heavy atom. The number of rotatable bonds is 4. The molecule has 4 aromatic rings. The van der Waals surface area contributed by atoms with Crippen molar-refractivity contribution in [3.8, 4) is 11.1 Å². The first-order chi connectivity index (χ1) is 14.7. The summed E-state index contributed by atoms with van der Waals surface area (Å²) >= 11 is 0. The molecule has 2 heterocycles. The largest absolute Gasteiger partial charge is 0.459 e. The molecule has 0 spiro atoms. The van der Waals surface area contributed by atoms with Crippen molar-refractivity contribution < 1.29 is 22.7 Å². The number of nitrogens with zero attached hydrogens (tertiary/aromatic N) is 2. The molecule has 9 heteroatoms. The van der Waals surface area contributed by atoms with Gasteiger partial charge in [-0.1, -0.05) is 30.3 Å². The molecule has 31 heavy (non-hydrogen) atoms. The molecule has 0 aliphatic heterocycles. The molecule has 2 aromatic carbocycles. The molecule has 0 fully saturated rings. The molecule has 2 aromatic heterocycles. The molecule has 0 saturated carbocycles. The molecule has 6 nitrogen and oxygen atoms in total. The summed E-state index contributed by atoms with van der Waals surface area (Å²) in [5.74, 6) is -0.539. The lowest BCUT2D eigenvalue weighted by atomic mass is 9.98. The van der Waals surface area contributed by atoms with E-state index in [1.807, 2.05) is 0 Å². The molecule has 160 valence electrons. The number of aromatic amines is 1. The number of hydrogen-bond acceptors (Lipinski definition) is 4. The predicted octanol–water partition coefficient (Wildman–Crippen LogP) is 4.67. The third kappa shape index (κ3) is 3.90. The number of hydrogen-bond donors (Lipinski definition) is 1. The van der Waals surface area contributed by atoms with E-state index in [9.17, 15) is 22.8 Å². The van der Waals surface area contributed by atoms with E-state index in [0.29, 0.717) is 26.6 Å². The van der Waals surface area contributed by atoms with Crippen molar-refractivity contribution in [3.05, 3.63) is 64.6 Å². The lowest BCUT2D eigenvalue weighted by molar-refractivity contribution is -0.140. The van der Waals surface area contributed by atoms with Crippen LogP contribution in [-0.4, -0.2) is 33.0 Å². The van der Waals surface area contributed by atoms with Crippen LogP contribution in [0, 0.1) is 0 Å². The van der Waals surface area contributed by atoms with Crippen LogP contribution in [0.2, 0.25) is 0 Å². The zero-order chi connectivity index (χ0) is 22.3. The Morgan fingerprint density at radius 1 is 1.16 bits per heavy atom. The molecular weight excluding hydrogens is 411 g/mol. The number of pyridine rings is 1. The van der Waals surface area contributed by atoms with Crippen LogP contribution in [0.15, 0.2) is 53.5 Å². The minimum atomic E-state index is -4.59. The molecule has 0 amide bonds. The van der Waals surface area contributed by atoms with Crippen molar-refractivity contribution in [2.24, 2.45) is 0 Å². The molecule has 0 atom stereocenters. The molecule has 0 saturated heterocycles. The predicted molar refractivity (Wildman–Crippen MR) is 110 cm³/mol. The van der Waals surface area contributed by atoms with Gasteiger partial charge >= 0.3 is 12.1 Å². The SMILES string of the molecule is CC(C)OC(=O)c1ccccc1-c1ccc2c3[nH]ncc3c(=O)n(CC(F)(F)F)c2c1. The first-order valence-electron chi connectivity index (χ1n) is 9.52. The fourth-order valence-corrected chi connectivity index (χ4v) is 3.57. The van der Waals surface area contributed by atoms with Crippen LogP contribution in [0.3, 0.4) is 0 Å². The van der Waals surface area contributed by atoms with E-state index in [0.717, 1.165) is 0 Å². The van der Waals surface area contributed by atoms with E-state index in [-0.39, 0.29) is 22.6 Å². The van der Waals surface area contributed by atoms with Gasteiger partial charge in [0.2, 0.25) is 0 Å². The zero-order valence-corrected chi connectivity index (χ0v) is 16.7. The van der Waals surface area contributed by atoms with Gasteiger partial charge in [0.05, 0.1) is 34.3 Å². The minimum Gasteiger partial charge on any atom is -0.459 e. The number of carbonyl (C=O) groups excluding carboxylic acids is 1. The normalized spacial score (nSPS) is 12.1. The Balaban J connectivity index is 1.97. The van der Waals surface area contributed by atoms with Gasteiger partial charge in [-0.05, 0) is 37.1 Å². The summed E-state index contributed by atoms with van der Waals surface area (Å²) in [7, 11) is 0. The number of esters is 1. The summed E-state index contributed by atoms with van der Waals surface area (Å²) in [5.41, 5.74) is 0.908. The van der Waals surface area contributed by atoms with Crippen molar-refractivity contribution in [2.45, 2.75) is 32.7 Å². The molecule has 0 aliphatic carbocycles. The molecule has 1 N–H and O–H groups in total. The van der Waals surface area contributed by atoms with Gasteiger partial charge in [-0.3, -0.25) is 14.5 Å². The Labute approximate surface area is 174 Å². The first kappa shape index (κ1) is 20.6. The lowest BCUT2D eigenvalue weighted by Gasteiger charge is -2.16. The van der Waals surface area contributed by atoms with E-state index in [4.69, 9.17) is 4.74 Å². The molecule has 0 bridgehead atoms. The highest BCUT2D eigenvalue weighted by atomic mass is 19.4. The van der Waals surface area contributed by atoms with Crippen LogP contribution in [0.5, 0.6) is 0 Å². The summed E-state index contributed by atoms with van der Waals surface area (Å²) < 4.78 is 45.7. The van der Waals surface area contributed by atoms with Crippen LogP contribution in [0.25, 0.3) is 32.9 Å². The van der Waals surface area contributed by atoms with Gasteiger partial charge in [0, 0.05) is 5.39 Å². The number of benzene rings is 2. The van der Waals surface area contributed by atoms with Crippen molar-refractivity contribution in [1.29, 1.82) is 0 Å². The van der Waals surface area contributed by atoms with Gasteiger partial charge in [-0.15, -0.1) is 0 Å². The summed E-state index contributed by atoms with van der Waals surface area (Å²) in [5, 5.41) is 6.99. The van der Waals surface area contributed by atoms with E-state index in [2.05, 4.69) is 10.2 Å². The number of carbonyl (C=O) groups is 1. The Kier molecular flexibility index (Phi) is 5.04. The van der Waals surface area contributed by atoms with E-state index in [1.54, 1.807) is 50.2 Å². The zero-order valence-electron chi connectivity index (χ0n) is 16.7. The number of ether oxygens (including phenoxy) is 1. The highest BCUT2D eigenvalue weighted by molar-refractivity contribution is 6.05. The summed E-state index contributed by atoms with van der Waals surface area (Å²) in [6, 6.07) is 11.4. The van der Waals surface area contributed by atoms with Gasteiger partial charge in [-0.25, -0.2) is 4.79 Å². The highest BCUT2D eigenvalue weighted by Crippen LogP contribution is 2.31. The number of alkyl halides is 3. The van der Waals surface area contributed by atoms with Crippen molar-refractivity contribution in [2.75, 3.05) is 0 Å². The van der Waals surface area contributed by atoms with Crippen molar-refractivity contribution in [1.82, 2.24) is 14.8 Å². The third-order valence-corrected chi connectivity index (χ3v) is 4.81. The fraction of sp³-hybridized carbons (Fsp3) is 0.227. The summed E-state index contributed by atoms with van der Waals surface area (Å²) in [6.45, 7) is 2.01. The van der Waals surface area contributed by atoms with Crippen LogP contribution in [-0.2, 0) is 11.3 Å². The Hall–Kier alpha value is -3.62. The maximum Gasteiger partial charge on any atom is 0.406 e. The second-order valence-corrected chi connectivity index (χ2v) is 7.40. The lowest BCUT2D eigenvalue weighted by Crippen LogP contribution is -2.28. The third-order valence-electron chi connectivity index (χ3n) is 4.81. The molecular formula is C22H18F3N3O3. The van der Waals surface area contributed by atoms with Gasteiger partial charge in [-0.2, -0.15) is 18.3 Å². The average Bonchev–Trinajstić information content (AvgIpc) is 3.20. The van der Waals surface area contributed by atoms with Crippen molar-refractivity contribution >= 4 is 27.8 Å². The van der Waals surface area contributed by atoms with Crippen LogP contribution >= 0.6 is 0 Å². The van der Waals surface area contributed by atoms with Gasteiger partial charge in [0.15, 0.2) is 0 Å². The van der Waals surface area contributed by atoms with Crippen molar-refractivity contribution in [3.63, 3.8) is 0 Å². The van der Waals surface area contributed by atoms with Gasteiger partial charge < -0.3 is 4.74 Å². The maximum absolute atomic E-state index is 13.2. The first-order valence-corrected chi connectivity index (χ1v) is 9.52. The van der Waals surface area contributed by atoms with Crippen LogP contribution < -0.4 is 5.56 Å². The minimum absolute atomic E-state index is 0.0745. The topological polar surface area (TPSA) is 77.0 Å². The standard InChI is InChI=1S/C22H18F3N3O3/c1-12(2)31-21(30)15-6-4-3-5-14(15)13-7-8-16-18(9-13)28(11-22(23,24)25)20(29)17-10-26-27-19(16)17/h3-10,12H,11H2,1-2H3,(H,26,27). The summed E-state index contributed by atoms with van der Waals surface area (Å²) in [4.78, 5) is 25.3. The van der Waals surface area contributed by atoms with Gasteiger partial charge in [0.25, 0.3) is 5.56 Å². The van der Waals surface area contributed by atoms with Gasteiger partial charge in [0.1, 0.15) is 6.54 Å². The molecule has 0 radical (unpaired) electrons. The number of fused-ring (bicyclic) bond motifs is 3. The van der Waals surface area contributed by atoms with E-state index >= 15 is 0 Å². The van der Waals surface area contributed by atoms with E-state index in [1.165, 1.54) is 12.3 Å². The monoisotopic (exact) mass is 429 g/mol. The maximum atomic E-state index is 13.2. The number of halogens is 3. The quantitative estimate of drug-likeness (QED) is 0.478. The van der Waals surface area contributed by atoms with Crippen LogP contribution in [0.4, 0.5) is 13.2 Å². The average molecular weight is 429 g/mol. The van der Waals surface area contributed by atoms with Crippen LogP contribution in [0.1, 0.15) is 24.2 Å². The number of aromatic nitrogens is 3. The number of nitrogens with one attached hydrogen (secondary N) is 1. The second-order valence-electron chi connectivity index (χ2n) is 7.40. The molecule has 0 aliphatic rings. The smallest absolute Gasteiger partial charge is 0.406 e. The molecule has 0 unspecified atom stereocenters. The fourth-order valence-electron chi connectivity index (χ4n) is 3.57. The highest BCUT2D eigenvalue weighted by Gasteiger charge is 2.30. The summed E-state index contributed by atoms with van der Waals surface area (Å²) in [6.07, 6.45) is -3.71.